The van der Waals surface area contributed by atoms with Crippen molar-refractivity contribution in [3.8, 4) is 0 Å². The first-order valence-electron chi connectivity index (χ1n) is 6.90. The van der Waals surface area contributed by atoms with Crippen LogP contribution in [0, 0.1) is 5.92 Å². The van der Waals surface area contributed by atoms with Crippen molar-refractivity contribution in [1.82, 2.24) is 8.61 Å². The molecule has 1 N–H and O–H groups in total. The average Bonchev–Trinajstić information content (AvgIpc) is 2.48. The zero-order chi connectivity index (χ0) is 14.6. The maximum absolute atomic E-state index is 12.5. The maximum Gasteiger partial charge on any atom is 0.282 e. The summed E-state index contributed by atoms with van der Waals surface area (Å²) in [6.45, 7) is 1.37. The molecule has 1 fully saturated rings. The number of benzene rings is 1. The van der Waals surface area contributed by atoms with Gasteiger partial charge in [0.1, 0.15) is 0 Å². The lowest BCUT2D eigenvalue weighted by Gasteiger charge is -2.33. The van der Waals surface area contributed by atoms with E-state index in [4.69, 9.17) is 0 Å². The van der Waals surface area contributed by atoms with Crippen molar-refractivity contribution >= 4 is 10.2 Å². The molecule has 1 aliphatic rings. The van der Waals surface area contributed by atoms with E-state index in [1.165, 1.54) is 8.61 Å². The molecule has 1 aromatic carbocycles. The lowest BCUT2D eigenvalue weighted by molar-refractivity contribution is 0.161. The van der Waals surface area contributed by atoms with Crippen LogP contribution in [-0.2, 0) is 16.8 Å². The number of nitrogens with zero attached hydrogens (tertiary/aromatic N) is 2. The van der Waals surface area contributed by atoms with E-state index in [1.54, 1.807) is 7.05 Å². The Morgan fingerprint density at radius 3 is 2.70 bits per heavy atom. The molecular weight excluding hydrogens is 276 g/mol. The lowest BCUT2D eigenvalue weighted by Crippen LogP contribution is -2.47. The van der Waals surface area contributed by atoms with E-state index in [0.717, 1.165) is 18.4 Å². The fraction of sp³-hybridized carbons (Fsp3) is 0.571. The Morgan fingerprint density at radius 1 is 1.35 bits per heavy atom. The van der Waals surface area contributed by atoms with Crippen LogP contribution in [0.1, 0.15) is 18.4 Å². The summed E-state index contributed by atoms with van der Waals surface area (Å²) in [5, 5.41) is 9.21. The van der Waals surface area contributed by atoms with Gasteiger partial charge in [0.2, 0.25) is 0 Å². The summed E-state index contributed by atoms with van der Waals surface area (Å²) in [6.07, 6.45) is 1.70. The van der Waals surface area contributed by atoms with Gasteiger partial charge in [-0.15, -0.1) is 0 Å². The van der Waals surface area contributed by atoms with Gasteiger partial charge in [-0.2, -0.15) is 17.0 Å². The monoisotopic (exact) mass is 298 g/mol. The number of rotatable bonds is 5. The number of aliphatic hydroxyl groups is 1. The number of hydrogen-bond acceptors (Lipinski definition) is 3. The predicted molar refractivity (Wildman–Crippen MR) is 78.2 cm³/mol. The molecule has 2 rings (SSSR count). The Balaban J connectivity index is 2.05. The molecule has 0 saturated carbocycles. The van der Waals surface area contributed by atoms with Crippen LogP contribution in [0.3, 0.4) is 0 Å². The zero-order valence-corrected chi connectivity index (χ0v) is 12.6. The first-order chi connectivity index (χ1) is 9.54. The second-order valence-electron chi connectivity index (χ2n) is 5.30. The molecular formula is C14H22N2O3S. The first kappa shape index (κ1) is 15.4. The summed E-state index contributed by atoms with van der Waals surface area (Å²) in [5.74, 6) is 0.0589. The topological polar surface area (TPSA) is 60.9 Å². The molecule has 1 unspecified atom stereocenters. The zero-order valence-electron chi connectivity index (χ0n) is 11.8. The van der Waals surface area contributed by atoms with E-state index in [9.17, 15) is 13.5 Å². The minimum atomic E-state index is -3.45. The average molecular weight is 298 g/mol. The van der Waals surface area contributed by atoms with E-state index in [1.807, 2.05) is 30.3 Å². The Morgan fingerprint density at radius 2 is 2.05 bits per heavy atom. The van der Waals surface area contributed by atoms with Crippen LogP contribution < -0.4 is 0 Å². The third kappa shape index (κ3) is 3.58. The highest BCUT2D eigenvalue weighted by molar-refractivity contribution is 7.86. The van der Waals surface area contributed by atoms with Gasteiger partial charge < -0.3 is 5.11 Å². The largest absolute Gasteiger partial charge is 0.396 e. The Bertz CT molecular complexity index is 518. The Labute approximate surface area is 121 Å². The SMILES string of the molecule is CN(Cc1ccccc1)S(=O)(=O)N1CCCC(CO)C1. The van der Waals surface area contributed by atoms with Gasteiger partial charge in [0.25, 0.3) is 10.2 Å². The lowest BCUT2D eigenvalue weighted by atomic mass is 10.0. The minimum absolute atomic E-state index is 0.0500. The number of hydrogen-bond donors (Lipinski definition) is 1. The fourth-order valence-electron chi connectivity index (χ4n) is 2.50. The van der Waals surface area contributed by atoms with E-state index < -0.39 is 10.2 Å². The first-order valence-corrected chi connectivity index (χ1v) is 8.30. The van der Waals surface area contributed by atoms with E-state index >= 15 is 0 Å². The van der Waals surface area contributed by atoms with Crippen molar-refractivity contribution in [2.24, 2.45) is 5.92 Å². The van der Waals surface area contributed by atoms with E-state index in [2.05, 4.69) is 0 Å². The normalized spacial score (nSPS) is 21.2. The standard InChI is InChI=1S/C14H22N2O3S/c1-15(10-13-6-3-2-4-7-13)20(18,19)16-9-5-8-14(11-16)12-17/h2-4,6-7,14,17H,5,8-12H2,1H3. The second-order valence-corrected chi connectivity index (χ2v) is 7.33. The van der Waals surface area contributed by atoms with Crippen molar-refractivity contribution in [3.63, 3.8) is 0 Å². The molecule has 112 valence electrons. The quantitative estimate of drug-likeness (QED) is 0.884. The third-order valence-corrected chi connectivity index (χ3v) is 5.61. The highest BCUT2D eigenvalue weighted by Crippen LogP contribution is 2.21. The molecule has 0 aromatic heterocycles. The number of piperidine rings is 1. The molecule has 0 spiro atoms. The maximum atomic E-state index is 12.5. The van der Waals surface area contributed by atoms with Crippen molar-refractivity contribution in [3.05, 3.63) is 35.9 Å². The summed E-state index contributed by atoms with van der Waals surface area (Å²) in [7, 11) is -1.85. The summed E-state index contributed by atoms with van der Waals surface area (Å²) < 4.78 is 27.9. The molecule has 0 amide bonds. The molecule has 20 heavy (non-hydrogen) atoms. The summed E-state index contributed by atoms with van der Waals surface area (Å²) in [6, 6.07) is 9.54. The molecule has 1 aromatic rings. The molecule has 1 saturated heterocycles. The molecule has 0 aliphatic carbocycles. The van der Waals surface area contributed by atoms with Crippen LogP contribution in [0.25, 0.3) is 0 Å². The molecule has 1 heterocycles. The third-order valence-electron chi connectivity index (χ3n) is 3.71. The summed E-state index contributed by atoms with van der Waals surface area (Å²) in [5.41, 5.74) is 0.967. The summed E-state index contributed by atoms with van der Waals surface area (Å²) >= 11 is 0. The van der Waals surface area contributed by atoms with Crippen molar-refractivity contribution in [1.29, 1.82) is 0 Å². The second kappa shape index (κ2) is 6.67. The van der Waals surface area contributed by atoms with Gasteiger partial charge in [-0.1, -0.05) is 30.3 Å². The van der Waals surface area contributed by atoms with Gasteiger partial charge >= 0.3 is 0 Å². The van der Waals surface area contributed by atoms with Gasteiger partial charge in [-0.3, -0.25) is 0 Å². The van der Waals surface area contributed by atoms with Crippen LogP contribution in [0.4, 0.5) is 0 Å². The van der Waals surface area contributed by atoms with Crippen molar-refractivity contribution < 1.29 is 13.5 Å². The Kier molecular flexibility index (Phi) is 5.15. The molecule has 0 bridgehead atoms. The molecule has 1 atom stereocenters. The molecule has 5 nitrogen and oxygen atoms in total. The highest BCUT2D eigenvalue weighted by Gasteiger charge is 2.31. The van der Waals surface area contributed by atoms with Crippen molar-refractivity contribution in [2.75, 3.05) is 26.7 Å². The van der Waals surface area contributed by atoms with Crippen LogP contribution >= 0.6 is 0 Å². The van der Waals surface area contributed by atoms with Crippen LogP contribution in [-0.4, -0.2) is 48.9 Å². The van der Waals surface area contributed by atoms with Gasteiger partial charge in [-0.05, 0) is 24.3 Å². The van der Waals surface area contributed by atoms with Crippen LogP contribution in [0.15, 0.2) is 30.3 Å². The smallest absolute Gasteiger partial charge is 0.282 e. The van der Waals surface area contributed by atoms with E-state index in [0.29, 0.717) is 19.6 Å². The van der Waals surface area contributed by atoms with E-state index in [-0.39, 0.29) is 12.5 Å². The molecule has 6 heteroatoms. The van der Waals surface area contributed by atoms with Crippen LogP contribution in [0.5, 0.6) is 0 Å². The van der Waals surface area contributed by atoms with Gasteiger partial charge in [-0.25, -0.2) is 0 Å². The van der Waals surface area contributed by atoms with Crippen LogP contribution in [0.2, 0.25) is 0 Å². The van der Waals surface area contributed by atoms with Gasteiger partial charge in [0, 0.05) is 33.3 Å². The molecule has 1 aliphatic heterocycles. The fourth-order valence-corrected chi connectivity index (χ4v) is 3.97. The van der Waals surface area contributed by atoms with Gasteiger partial charge in [0.15, 0.2) is 0 Å². The van der Waals surface area contributed by atoms with Crippen molar-refractivity contribution in [2.45, 2.75) is 19.4 Å². The Hall–Kier alpha value is -0.950. The summed E-state index contributed by atoms with van der Waals surface area (Å²) in [4.78, 5) is 0. The number of aliphatic hydroxyl groups excluding tert-OH is 1. The minimum Gasteiger partial charge on any atom is -0.396 e. The predicted octanol–water partition coefficient (Wildman–Crippen LogP) is 1.07. The molecule has 0 radical (unpaired) electrons. The highest BCUT2D eigenvalue weighted by atomic mass is 32.2. The van der Waals surface area contributed by atoms with Gasteiger partial charge in [0.05, 0.1) is 0 Å².